The average Bonchev–Trinajstić information content (AvgIpc) is 3.03. The maximum absolute atomic E-state index is 6.47. The number of fused-ring (bicyclic) bond motifs is 4. The van der Waals surface area contributed by atoms with Crippen LogP contribution in [-0.2, 0) is 12.5 Å². The largest absolute Gasteiger partial charge is 0.455 e. The van der Waals surface area contributed by atoms with E-state index >= 15 is 0 Å². The maximum atomic E-state index is 6.47. The Bertz CT molecular complexity index is 1400. The predicted molar refractivity (Wildman–Crippen MR) is 121 cm³/mol. The van der Waals surface area contributed by atoms with Crippen molar-refractivity contribution in [2.24, 2.45) is 7.05 Å². The number of nitrogens with zero attached hydrogens (tertiary/aromatic N) is 1. The van der Waals surface area contributed by atoms with Gasteiger partial charge in [-0.3, -0.25) is 0 Å². The number of rotatable bonds is 1. The molecule has 144 valence electrons. The van der Waals surface area contributed by atoms with Gasteiger partial charge in [-0.1, -0.05) is 57.2 Å². The van der Waals surface area contributed by atoms with Crippen molar-refractivity contribution in [2.45, 2.75) is 33.1 Å². The minimum absolute atomic E-state index is 0.122. The molecule has 5 rings (SSSR count). The van der Waals surface area contributed by atoms with Crippen LogP contribution in [0.3, 0.4) is 0 Å². The lowest BCUT2D eigenvalue weighted by Crippen LogP contribution is -2.33. The van der Waals surface area contributed by atoms with Crippen molar-refractivity contribution < 1.29 is 8.98 Å². The van der Waals surface area contributed by atoms with Gasteiger partial charge in [0.25, 0.3) is 0 Å². The van der Waals surface area contributed by atoms with Crippen molar-refractivity contribution in [1.82, 2.24) is 0 Å². The zero-order chi connectivity index (χ0) is 20.3. The molecule has 0 aliphatic rings. The smallest absolute Gasteiger partial charge is 0.216 e. The highest BCUT2D eigenvalue weighted by molar-refractivity contribution is 6.13. The van der Waals surface area contributed by atoms with Gasteiger partial charge in [0.05, 0.1) is 5.56 Å². The molecule has 2 heterocycles. The molecule has 0 fully saturated rings. The first-order chi connectivity index (χ1) is 13.8. The van der Waals surface area contributed by atoms with E-state index in [9.17, 15) is 0 Å². The Balaban J connectivity index is 1.82. The third-order valence-corrected chi connectivity index (χ3v) is 5.97. The van der Waals surface area contributed by atoms with E-state index < -0.39 is 0 Å². The first-order valence-corrected chi connectivity index (χ1v) is 10.2. The summed E-state index contributed by atoms with van der Waals surface area (Å²) in [6.07, 6.45) is 2.24. The van der Waals surface area contributed by atoms with Crippen LogP contribution in [0.1, 0.15) is 31.9 Å². The van der Waals surface area contributed by atoms with E-state index in [-0.39, 0.29) is 5.41 Å². The fourth-order valence-corrected chi connectivity index (χ4v) is 4.25. The molecule has 0 atom stereocenters. The predicted octanol–water partition coefficient (Wildman–Crippen LogP) is 6.84. The molecule has 29 heavy (non-hydrogen) atoms. The Hall–Kier alpha value is -3.13. The second kappa shape index (κ2) is 6.18. The molecule has 2 aromatic heterocycles. The quantitative estimate of drug-likeness (QED) is 0.291. The lowest BCUT2D eigenvalue weighted by Gasteiger charge is -2.17. The Morgan fingerprint density at radius 3 is 2.24 bits per heavy atom. The fourth-order valence-electron chi connectivity index (χ4n) is 4.25. The summed E-state index contributed by atoms with van der Waals surface area (Å²) in [5, 5.41) is 4.79. The van der Waals surface area contributed by atoms with Gasteiger partial charge in [0.15, 0.2) is 6.20 Å². The standard InChI is InChI=1S/C27H26NO/c1-17-10-12-21-22-14-18-8-6-7-9-19(18)15-24(22)29-26(21)25(17)23-13-11-20(16-28(23)5)27(2,3)4/h6-16H,1-5H3/q+1. The fraction of sp³-hybridized carbons (Fsp3) is 0.222. The van der Waals surface area contributed by atoms with Crippen molar-refractivity contribution in [2.75, 3.05) is 0 Å². The number of furan rings is 1. The number of aromatic nitrogens is 1. The summed E-state index contributed by atoms with van der Waals surface area (Å²) in [4.78, 5) is 0. The highest BCUT2D eigenvalue weighted by atomic mass is 16.3. The molecule has 5 aromatic rings. The van der Waals surface area contributed by atoms with Crippen molar-refractivity contribution >= 4 is 32.7 Å². The summed E-state index contributed by atoms with van der Waals surface area (Å²) >= 11 is 0. The molecular weight excluding hydrogens is 354 g/mol. The summed E-state index contributed by atoms with van der Waals surface area (Å²) in [5.41, 5.74) is 6.92. The monoisotopic (exact) mass is 380 g/mol. The van der Waals surface area contributed by atoms with Crippen LogP contribution in [-0.4, -0.2) is 0 Å². The number of pyridine rings is 1. The lowest BCUT2D eigenvalue weighted by molar-refractivity contribution is -0.661. The van der Waals surface area contributed by atoms with Crippen LogP contribution < -0.4 is 4.57 Å². The second-order valence-electron chi connectivity index (χ2n) is 9.10. The van der Waals surface area contributed by atoms with Gasteiger partial charge in [-0.05, 0) is 46.9 Å². The highest BCUT2D eigenvalue weighted by Crippen LogP contribution is 2.38. The summed E-state index contributed by atoms with van der Waals surface area (Å²) < 4.78 is 8.69. The zero-order valence-corrected chi connectivity index (χ0v) is 17.7. The van der Waals surface area contributed by atoms with Crippen LogP contribution in [0, 0.1) is 6.92 Å². The molecule has 0 saturated carbocycles. The van der Waals surface area contributed by atoms with Crippen LogP contribution >= 0.6 is 0 Å². The third-order valence-electron chi connectivity index (χ3n) is 5.97. The second-order valence-corrected chi connectivity index (χ2v) is 9.10. The topological polar surface area (TPSA) is 17.0 Å². The van der Waals surface area contributed by atoms with Gasteiger partial charge >= 0.3 is 0 Å². The maximum Gasteiger partial charge on any atom is 0.216 e. The molecule has 0 saturated heterocycles. The summed E-state index contributed by atoms with van der Waals surface area (Å²) in [5.74, 6) is 0. The lowest BCUT2D eigenvalue weighted by atomic mass is 9.88. The normalized spacial score (nSPS) is 12.3. The molecule has 0 bridgehead atoms. The Labute approximate surface area is 171 Å². The van der Waals surface area contributed by atoms with Crippen LogP contribution in [0.2, 0.25) is 0 Å². The van der Waals surface area contributed by atoms with Crippen molar-refractivity contribution in [3.63, 3.8) is 0 Å². The van der Waals surface area contributed by atoms with E-state index in [1.54, 1.807) is 0 Å². The van der Waals surface area contributed by atoms with Gasteiger partial charge < -0.3 is 4.42 Å². The van der Waals surface area contributed by atoms with Gasteiger partial charge in [-0.25, -0.2) is 4.57 Å². The van der Waals surface area contributed by atoms with Crippen molar-refractivity contribution in [3.05, 3.63) is 78.0 Å². The Kier molecular flexibility index (Phi) is 3.82. The molecule has 0 spiro atoms. The van der Waals surface area contributed by atoms with Crippen LogP contribution in [0.5, 0.6) is 0 Å². The number of hydrogen-bond acceptors (Lipinski definition) is 1. The average molecular weight is 381 g/mol. The molecule has 2 heteroatoms. The molecule has 0 unspecified atom stereocenters. The molecule has 0 aliphatic carbocycles. The summed E-state index contributed by atoms with van der Waals surface area (Å²) in [6.45, 7) is 8.91. The first-order valence-electron chi connectivity index (χ1n) is 10.2. The van der Waals surface area contributed by atoms with Crippen LogP contribution in [0.4, 0.5) is 0 Å². The number of hydrogen-bond donors (Lipinski definition) is 0. The first kappa shape index (κ1) is 17.9. The zero-order valence-electron chi connectivity index (χ0n) is 17.7. The molecule has 0 radical (unpaired) electrons. The minimum atomic E-state index is 0.122. The third kappa shape index (κ3) is 2.82. The van der Waals surface area contributed by atoms with E-state index in [1.807, 2.05) is 0 Å². The van der Waals surface area contributed by atoms with Crippen LogP contribution in [0.15, 0.2) is 71.3 Å². The molecule has 3 aromatic carbocycles. The SMILES string of the molecule is Cc1ccc2c(oc3cc4ccccc4cc32)c1-c1ccc(C(C)(C)C)c[n+]1C. The Morgan fingerprint density at radius 1 is 0.828 bits per heavy atom. The van der Waals surface area contributed by atoms with Gasteiger partial charge in [-0.2, -0.15) is 0 Å². The van der Waals surface area contributed by atoms with Gasteiger partial charge in [-0.15, -0.1) is 0 Å². The molecule has 0 N–H and O–H groups in total. The van der Waals surface area contributed by atoms with Crippen molar-refractivity contribution in [1.29, 1.82) is 0 Å². The van der Waals surface area contributed by atoms with Gasteiger partial charge in [0, 0.05) is 22.4 Å². The summed E-state index contributed by atoms with van der Waals surface area (Å²) in [7, 11) is 2.12. The molecule has 0 aliphatic heterocycles. The highest BCUT2D eigenvalue weighted by Gasteiger charge is 2.23. The van der Waals surface area contributed by atoms with Crippen molar-refractivity contribution in [3.8, 4) is 11.3 Å². The van der Waals surface area contributed by atoms with E-state index in [2.05, 4.69) is 106 Å². The molecular formula is C27H26NO+. The summed E-state index contributed by atoms with van der Waals surface area (Å²) in [6, 6.07) is 21.7. The molecule has 2 nitrogen and oxygen atoms in total. The molecule has 0 amide bonds. The Morgan fingerprint density at radius 2 is 1.55 bits per heavy atom. The number of benzene rings is 3. The van der Waals surface area contributed by atoms with Gasteiger partial charge in [0.1, 0.15) is 18.2 Å². The minimum Gasteiger partial charge on any atom is -0.455 e. The van der Waals surface area contributed by atoms with E-state index in [4.69, 9.17) is 4.42 Å². The van der Waals surface area contributed by atoms with E-state index in [0.29, 0.717) is 0 Å². The van der Waals surface area contributed by atoms with E-state index in [1.165, 1.54) is 43.9 Å². The number of aryl methyl sites for hydroxylation is 2. The van der Waals surface area contributed by atoms with Gasteiger partial charge in [0.2, 0.25) is 5.69 Å². The van der Waals surface area contributed by atoms with E-state index in [0.717, 1.165) is 11.2 Å². The van der Waals surface area contributed by atoms with Crippen LogP contribution in [0.25, 0.3) is 44.0 Å².